The highest BCUT2D eigenvalue weighted by atomic mass is 16.4. The van der Waals surface area contributed by atoms with Crippen molar-refractivity contribution >= 4 is 12.0 Å². The summed E-state index contributed by atoms with van der Waals surface area (Å²) in [5, 5.41) is 8.85. The Hall–Kier alpha value is -1.34. The molecule has 0 radical (unpaired) electrons. The van der Waals surface area contributed by atoms with Crippen LogP contribution in [-0.4, -0.2) is 102 Å². The van der Waals surface area contributed by atoms with E-state index in [9.17, 15) is 9.59 Å². The van der Waals surface area contributed by atoms with Crippen LogP contribution < -0.4 is 0 Å². The predicted molar refractivity (Wildman–Crippen MR) is 79.3 cm³/mol. The first-order chi connectivity index (χ1) is 10.1. The molecule has 7 nitrogen and oxygen atoms in total. The summed E-state index contributed by atoms with van der Waals surface area (Å²) in [5.41, 5.74) is 0. The largest absolute Gasteiger partial charge is 0.480 e. The lowest BCUT2D eigenvalue weighted by Gasteiger charge is -2.36. The lowest BCUT2D eigenvalue weighted by atomic mass is 10.3. The molecule has 2 aliphatic rings. The van der Waals surface area contributed by atoms with Crippen LogP contribution in [0.2, 0.25) is 0 Å². The molecule has 2 aliphatic heterocycles. The molecule has 0 atom stereocenters. The van der Waals surface area contributed by atoms with Gasteiger partial charge in [-0.05, 0) is 13.0 Å². The monoisotopic (exact) mass is 298 g/mol. The van der Waals surface area contributed by atoms with E-state index < -0.39 is 5.97 Å². The summed E-state index contributed by atoms with van der Waals surface area (Å²) in [6, 6.07) is 0.114. The molecular formula is C14H26N4O3. The zero-order valence-corrected chi connectivity index (χ0v) is 12.8. The molecule has 2 rings (SSSR count). The molecular weight excluding hydrogens is 272 g/mol. The van der Waals surface area contributed by atoms with Crippen LogP contribution in [0.3, 0.4) is 0 Å². The minimum Gasteiger partial charge on any atom is -0.480 e. The fourth-order valence-electron chi connectivity index (χ4n) is 2.97. The molecule has 0 saturated carbocycles. The van der Waals surface area contributed by atoms with Gasteiger partial charge in [0, 0.05) is 52.4 Å². The van der Waals surface area contributed by atoms with Crippen LogP contribution in [0.5, 0.6) is 0 Å². The van der Waals surface area contributed by atoms with Gasteiger partial charge in [0.25, 0.3) is 0 Å². The molecule has 2 heterocycles. The second-order valence-electron chi connectivity index (χ2n) is 5.71. The van der Waals surface area contributed by atoms with E-state index in [2.05, 4.69) is 11.8 Å². The third-order valence-corrected chi connectivity index (χ3v) is 4.31. The number of likely N-dealkylation sites (N-methyl/N-ethyl adjacent to an activating group) is 1. The van der Waals surface area contributed by atoms with Crippen LogP contribution >= 0.6 is 0 Å². The number of aliphatic carboxylic acids is 1. The zero-order valence-electron chi connectivity index (χ0n) is 12.8. The molecule has 0 aromatic carbocycles. The fraction of sp³-hybridized carbons (Fsp3) is 0.857. The van der Waals surface area contributed by atoms with E-state index in [1.807, 2.05) is 14.7 Å². The average Bonchev–Trinajstić information content (AvgIpc) is 2.71. The second kappa shape index (κ2) is 7.61. The topological polar surface area (TPSA) is 67.3 Å². The Morgan fingerprint density at radius 2 is 1.43 bits per heavy atom. The Balaban J connectivity index is 1.81. The molecule has 0 unspecified atom stereocenters. The molecule has 2 amide bonds. The molecule has 0 bridgehead atoms. The van der Waals surface area contributed by atoms with Crippen LogP contribution in [0.15, 0.2) is 0 Å². The minimum atomic E-state index is -0.800. The van der Waals surface area contributed by atoms with E-state index in [0.29, 0.717) is 13.1 Å². The highest BCUT2D eigenvalue weighted by molar-refractivity contribution is 5.74. The van der Waals surface area contributed by atoms with E-state index in [4.69, 9.17) is 5.11 Å². The van der Waals surface area contributed by atoms with Gasteiger partial charge in [0.05, 0.1) is 6.54 Å². The highest BCUT2D eigenvalue weighted by Crippen LogP contribution is 2.09. The number of piperazine rings is 1. The third-order valence-electron chi connectivity index (χ3n) is 4.31. The standard InChI is InChI=1S/C14H26N4O3/c1-2-15-6-9-18(10-7-15)14(21)17-5-3-4-16(8-11-17)12-13(19)20/h2-12H2,1H3,(H,19,20). The molecule has 0 aromatic heterocycles. The van der Waals surface area contributed by atoms with Gasteiger partial charge >= 0.3 is 12.0 Å². The molecule has 0 aliphatic carbocycles. The zero-order chi connectivity index (χ0) is 15.2. The van der Waals surface area contributed by atoms with Gasteiger partial charge in [-0.15, -0.1) is 0 Å². The summed E-state index contributed by atoms with van der Waals surface area (Å²) in [6.07, 6.45) is 0.841. The van der Waals surface area contributed by atoms with E-state index >= 15 is 0 Å². The Labute approximate surface area is 126 Å². The lowest BCUT2D eigenvalue weighted by molar-refractivity contribution is -0.138. The molecule has 21 heavy (non-hydrogen) atoms. The number of carbonyl (C=O) groups is 2. The quantitative estimate of drug-likeness (QED) is 0.784. The number of carboxylic acid groups (broad SMARTS) is 1. The summed E-state index contributed by atoms with van der Waals surface area (Å²) in [6.45, 7) is 9.47. The summed E-state index contributed by atoms with van der Waals surface area (Å²) in [7, 11) is 0. The maximum absolute atomic E-state index is 12.5. The van der Waals surface area contributed by atoms with Crippen molar-refractivity contribution in [3.8, 4) is 0 Å². The van der Waals surface area contributed by atoms with Crippen molar-refractivity contribution in [2.24, 2.45) is 0 Å². The first-order valence-corrected chi connectivity index (χ1v) is 7.80. The van der Waals surface area contributed by atoms with E-state index in [1.54, 1.807) is 0 Å². The van der Waals surface area contributed by atoms with Gasteiger partial charge in [0.2, 0.25) is 0 Å². The Bertz CT molecular complexity index is 369. The summed E-state index contributed by atoms with van der Waals surface area (Å²) in [4.78, 5) is 31.4. The van der Waals surface area contributed by atoms with Gasteiger partial charge in [-0.25, -0.2) is 4.79 Å². The van der Waals surface area contributed by atoms with Crippen molar-refractivity contribution in [2.45, 2.75) is 13.3 Å². The number of carboxylic acids is 1. The molecule has 120 valence electrons. The van der Waals surface area contributed by atoms with Crippen molar-refractivity contribution < 1.29 is 14.7 Å². The number of rotatable bonds is 3. The number of hydrogen-bond donors (Lipinski definition) is 1. The SMILES string of the molecule is CCN1CCN(C(=O)N2CCCN(CC(=O)O)CC2)CC1. The van der Waals surface area contributed by atoms with Crippen LogP contribution in [0.4, 0.5) is 4.79 Å². The Kier molecular flexibility index (Phi) is 5.81. The number of hydrogen-bond acceptors (Lipinski definition) is 4. The maximum Gasteiger partial charge on any atom is 0.320 e. The van der Waals surface area contributed by atoms with Crippen molar-refractivity contribution in [3.63, 3.8) is 0 Å². The van der Waals surface area contributed by atoms with Crippen molar-refractivity contribution in [1.82, 2.24) is 19.6 Å². The second-order valence-corrected chi connectivity index (χ2v) is 5.71. The number of urea groups is 1. The van der Waals surface area contributed by atoms with Gasteiger partial charge in [-0.2, -0.15) is 0 Å². The molecule has 2 saturated heterocycles. The summed E-state index contributed by atoms with van der Waals surface area (Å²) < 4.78 is 0. The van der Waals surface area contributed by atoms with E-state index in [-0.39, 0.29) is 12.6 Å². The summed E-state index contributed by atoms with van der Waals surface area (Å²) >= 11 is 0. The minimum absolute atomic E-state index is 0.0667. The van der Waals surface area contributed by atoms with Crippen LogP contribution in [0.25, 0.3) is 0 Å². The Morgan fingerprint density at radius 3 is 2.00 bits per heavy atom. The number of amides is 2. The van der Waals surface area contributed by atoms with Gasteiger partial charge < -0.3 is 19.8 Å². The first kappa shape index (κ1) is 16.0. The molecule has 1 N–H and O–H groups in total. The highest BCUT2D eigenvalue weighted by Gasteiger charge is 2.26. The molecule has 7 heteroatoms. The predicted octanol–water partition coefficient (Wildman–Crippen LogP) is -0.164. The Morgan fingerprint density at radius 1 is 0.857 bits per heavy atom. The number of carbonyl (C=O) groups excluding carboxylic acids is 1. The van der Waals surface area contributed by atoms with Crippen molar-refractivity contribution in [2.75, 3.05) is 65.4 Å². The lowest BCUT2D eigenvalue weighted by Crippen LogP contribution is -2.53. The van der Waals surface area contributed by atoms with E-state index in [0.717, 1.165) is 52.2 Å². The fourth-order valence-corrected chi connectivity index (χ4v) is 2.97. The van der Waals surface area contributed by atoms with Gasteiger partial charge in [-0.1, -0.05) is 6.92 Å². The van der Waals surface area contributed by atoms with Gasteiger partial charge in [0.15, 0.2) is 0 Å². The molecule has 0 aromatic rings. The van der Waals surface area contributed by atoms with Crippen LogP contribution in [0, 0.1) is 0 Å². The van der Waals surface area contributed by atoms with Crippen LogP contribution in [-0.2, 0) is 4.79 Å². The normalized spacial score (nSPS) is 22.1. The maximum atomic E-state index is 12.5. The van der Waals surface area contributed by atoms with E-state index in [1.165, 1.54) is 0 Å². The first-order valence-electron chi connectivity index (χ1n) is 7.80. The smallest absolute Gasteiger partial charge is 0.320 e. The van der Waals surface area contributed by atoms with Crippen molar-refractivity contribution in [1.29, 1.82) is 0 Å². The molecule has 0 spiro atoms. The van der Waals surface area contributed by atoms with Crippen LogP contribution in [0.1, 0.15) is 13.3 Å². The van der Waals surface area contributed by atoms with Gasteiger partial charge in [0.1, 0.15) is 0 Å². The van der Waals surface area contributed by atoms with Gasteiger partial charge in [-0.3, -0.25) is 9.69 Å². The summed E-state index contributed by atoms with van der Waals surface area (Å²) in [5.74, 6) is -0.800. The third kappa shape index (κ3) is 4.57. The molecule has 2 fully saturated rings. The van der Waals surface area contributed by atoms with Crippen molar-refractivity contribution in [3.05, 3.63) is 0 Å². The number of nitrogens with zero attached hydrogens (tertiary/aromatic N) is 4. The average molecular weight is 298 g/mol.